The van der Waals surface area contributed by atoms with Gasteiger partial charge >= 0.3 is 5.97 Å². The van der Waals surface area contributed by atoms with E-state index in [9.17, 15) is 19.2 Å². The predicted octanol–water partition coefficient (Wildman–Crippen LogP) is 0.595. The number of Topliss-reactive ketones (excluding diaryl/α,β-unsaturated/α-hetero) is 1. The van der Waals surface area contributed by atoms with Crippen LogP contribution in [0.1, 0.15) is 33.6 Å². The standard InChI is InChI=1S/C11H17NO5S/c1-7(13)12-6-11(2,3)18-9(15)5-4-8(14)10(16)17/h4-6H2,1-3H3,(H,12,13)(H,16,17). The molecule has 6 nitrogen and oxygen atoms in total. The number of thioether (sulfide) groups is 1. The topological polar surface area (TPSA) is 101 Å². The minimum atomic E-state index is -1.52. The second-order valence-electron chi connectivity index (χ2n) is 4.37. The molecule has 0 aliphatic carbocycles. The number of nitrogens with one attached hydrogen (secondary N) is 1. The third-order valence-corrected chi connectivity index (χ3v) is 3.08. The van der Waals surface area contributed by atoms with Crippen LogP contribution in [0.4, 0.5) is 0 Å². The molecule has 0 aliphatic rings. The molecule has 0 aromatic heterocycles. The molecule has 0 aromatic carbocycles. The van der Waals surface area contributed by atoms with Gasteiger partial charge in [0.25, 0.3) is 0 Å². The van der Waals surface area contributed by atoms with Gasteiger partial charge in [-0.25, -0.2) is 4.79 Å². The van der Waals surface area contributed by atoms with Crippen molar-refractivity contribution in [3.63, 3.8) is 0 Å². The SMILES string of the molecule is CC(=O)NCC(C)(C)SC(=O)CCC(=O)C(=O)O. The Morgan fingerprint density at radius 1 is 1.17 bits per heavy atom. The van der Waals surface area contributed by atoms with Gasteiger partial charge in [-0.3, -0.25) is 14.4 Å². The van der Waals surface area contributed by atoms with E-state index in [1.807, 2.05) is 0 Å². The molecule has 0 bridgehead atoms. The minimum absolute atomic E-state index is 0.112. The van der Waals surface area contributed by atoms with E-state index in [4.69, 9.17) is 5.11 Å². The highest BCUT2D eigenvalue weighted by Crippen LogP contribution is 2.25. The van der Waals surface area contributed by atoms with Crippen molar-refractivity contribution in [2.45, 2.75) is 38.4 Å². The Bertz CT molecular complexity index is 364. The lowest BCUT2D eigenvalue weighted by Crippen LogP contribution is -2.35. The van der Waals surface area contributed by atoms with Crippen LogP contribution in [-0.2, 0) is 19.2 Å². The summed E-state index contributed by atoms with van der Waals surface area (Å²) >= 11 is 0.999. The van der Waals surface area contributed by atoms with E-state index in [-0.39, 0.29) is 23.9 Å². The van der Waals surface area contributed by atoms with Gasteiger partial charge in [0.2, 0.25) is 11.7 Å². The first kappa shape index (κ1) is 16.6. The van der Waals surface area contributed by atoms with Crippen molar-refractivity contribution in [2.75, 3.05) is 6.54 Å². The van der Waals surface area contributed by atoms with Gasteiger partial charge in [0, 0.05) is 31.1 Å². The van der Waals surface area contributed by atoms with Crippen LogP contribution >= 0.6 is 11.8 Å². The van der Waals surface area contributed by atoms with Gasteiger partial charge in [-0.15, -0.1) is 0 Å². The second-order valence-corrected chi connectivity index (χ2v) is 6.14. The minimum Gasteiger partial charge on any atom is -0.476 e. The largest absolute Gasteiger partial charge is 0.476 e. The Morgan fingerprint density at radius 2 is 1.72 bits per heavy atom. The number of rotatable bonds is 7. The van der Waals surface area contributed by atoms with Crippen molar-refractivity contribution in [3.8, 4) is 0 Å². The number of ketones is 1. The average molecular weight is 275 g/mol. The Hall–Kier alpha value is -1.37. The first-order valence-corrected chi connectivity index (χ1v) is 6.18. The molecule has 0 heterocycles. The number of carboxylic acids is 1. The summed E-state index contributed by atoms with van der Waals surface area (Å²) in [4.78, 5) is 43.4. The maximum Gasteiger partial charge on any atom is 0.372 e. The van der Waals surface area contributed by atoms with E-state index in [1.165, 1.54) is 6.92 Å². The summed E-state index contributed by atoms with van der Waals surface area (Å²) in [6.07, 6.45) is -0.406. The maximum atomic E-state index is 11.5. The number of carbonyl (C=O) groups excluding carboxylic acids is 3. The molecule has 0 saturated carbocycles. The number of carbonyl (C=O) groups is 4. The highest BCUT2D eigenvalue weighted by molar-refractivity contribution is 8.14. The van der Waals surface area contributed by atoms with Crippen molar-refractivity contribution < 1.29 is 24.3 Å². The van der Waals surface area contributed by atoms with Gasteiger partial charge in [-0.2, -0.15) is 0 Å². The molecule has 2 N–H and O–H groups in total. The summed E-state index contributed by atoms with van der Waals surface area (Å²) in [6, 6.07) is 0. The third-order valence-electron chi connectivity index (χ3n) is 1.95. The molecule has 0 atom stereocenters. The van der Waals surface area contributed by atoms with Crippen LogP contribution in [0.5, 0.6) is 0 Å². The van der Waals surface area contributed by atoms with Crippen LogP contribution in [0.2, 0.25) is 0 Å². The number of amides is 1. The fraction of sp³-hybridized carbons (Fsp3) is 0.636. The van der Waals surface area contributed by atoms with E-state index < -0.39 is 16.5 Å². The number of aliphatic carboxylic acids is 1. The van der Waals surface area contributed by atoms with Crippen LogP contribution in [0.3, 0.4) is 0 Å². The zero-order chi connectivity index (χ0) is 14.3. The summed E-state index contributed by atoms with van der Waals surface area (Å²) in [5.41, 5.74) is 0. The summed E-state index contributed by atoms with van der Waals surface area (Å²) in [7, 11) is 0. The van der Waals surface area contributed by atoms with Gasteiger partial charge in [0.05, 0.1) is 0 Å². The molecule has 0 rings (SSSR count). The monoisotopic (exact) mass is 275 g/mol. The zero-order valence-electron chi connectivity index (χ0n) is 10.6. The third kappa shape index (κ3) is 7.83. The average Bonchev–Trinajstić information content (AvgIpc) is 2.22. The van der Waals surface area contributed by atoms with Crippen molar-refractivity contribution in [3.05, 3.63) is 0 Å². The fourth-order valence-electron chi connectivity index (χ4n) is 1.06. The Balaban J connectivity index is 4.10. The maximum absolute atomic E-state index is 11.5. The summed E-state index contributed by atoms with van der Waals surface area (Å²) in [6.45, 7) is 5.27. The molecule has 0 aliphatic heterocycles. The van der Waals surface area contributed by atoms with Crippen LogP contribution in [0.15, 0.2) is 0 Å². The summed E-state index contributed by atoms with van der Waals surface area (Å²) in [5, 5.41) is 10.7. The molecule has 0 unspecified atom stereocenters. The van der Waals surface area contributed by atoms with Crippen LogP contribution in [0.25, 0.3) is 0 Å². The fourth-order valence-corrected chi connectivity index (χ4v) is 2.02. The summed E-state index contributed by atoms with van der Waals surface area (Å²) < 4.78 is -0.491. The first-order chi connectivity index (χ1) is 8.14. The highest BCUT2D eigenvalue weighted by Gasteiger charge is 2.24. The lowest BCUT2D eigenvalue weighted by atomic mass is 10.2. The van der Waals surface area contributed by atoms with E-state index in [2.05, 4.69) is 5.32 Å². The summed E-state index contributed by atoms with van der Waals surface area (Å²) in [5.74, 6) is -2.67. The molecule has 0 radical (unpaired) electrons. The van der Waals surface area contributed by atoms with Crippen LogP contribution < -0.4 is 5.32 Å². The first-order valence-electron chi connectivity index (χ1n) is 5.36. The Kier molecular flexibility index (Phi) is 6.61. The quantitative estimate of drug-likeness (QED) is 0.660. The number of carboxylic acid groups (broad SMARTS) is 1. The van der Waals surface area contributed by atoms with Gasteiger partial charge in [0.15, 0.2) is 5.12 Å². The highest BCUT2D eigenvalue weighted by atomic mass is 32.2. The van der Waals surface area contributed by atoms with Gasteiger partial charge in [-0.1, -0.05) is 11.8 Å². The van der Waals surface area contributed by atoms with E-state index in [0.29, 0.717) is 6.54 Å². The van der Waals surface area contributed by atoms with Crippen molar-refractivity contribution in [1.29, 1.82) is 0 Å². The van der Waals surface area contributed by atoms with Gasteiger partial charge in [-0.05, 0) is 13.8 Å². The smallest absolute Gasteiger partial charge is 0.372 e. The lowest BCUT2D eigenvalue weighted by Gasteiger charge is -2.22. The van der Waals surface area contributed by atoms with Crippen molar-refractivity contribution in [2.24, 2.45) is 0 Å². The molecule has 18 heavy (non-hydrogen) atoms. The molecule has 102 valence electrons. The molecule has 0 fully saturated rings. The zero-order valence-corrected chi connectivity index (χ0v) is 11.4. The van der Waals surface area contributed by atoms with Crippen molar-refractivity contribution >= 4 is 34.5 Å². The predicted molar refractivity (Wildman–Crippen MR) is 67.2 cm³/mol. The molecule has 0 spiro atoms. The van der Waals surface area contributed by atoms with Crippen LogP contribution in [-0.4, -0.2) is 39.2 Å². The number of hydrogen-bond acceptors (Lipinski definition) is 5. The number of hydrogen-bond donors (Lipinski definition) is 2. The van der Waals surface area contributed by atoms with E-state index in [0.717, 1.165) is 11.8 Å². The molecule has 0 saturated heterocycles. The van der Waals surface area contributed by atoms with E-state index in [1.54, 1.807) is 13.8 Å². The van der Waals surface area contributed by atoms with Crippen LogP contribution in [0, 0.1) is 0 Å². The Morgan fingerprint density at radius 3 is 2.17 bits per heavy atom. The second kappa shape index (κ2) is 7.15. The van der Waals surface area contributed by atoms with Crippen molar-refractivity contribution in [1.82, 2.24) is 5.32 Å². The molecule has 7 heteroatoms. The lowest BCUT2D eigenvalue weighted by molar-refractivity contribution is -0.149. The molecule has 0 aromatic rings. The van der Waals surface area contributed by atoms with E-state index >= 15 is 0 Å². The molecular weight excluding hydrogens is 258 g/mol. The normalized spacial score (nSPS) is 10.8. The molecular formula is C11H17NO5S. The Labute approximate surface area is 110 Å². The molecule has 1 amide bonds. The van der Waals surface area contributed by atoms with Gasteiger partial charge in [0.1, 0.15) is 0 Å². The van der Waals surface area contributed by atoms with Gasteiger partial charge < -0.3 is 10.4 Å².